The highest BCUT2D eigenvalue weighted by molar-refractivity contribution is 7.88. The average Bonchev–Trinajstić information content (AvgIpc) is 3.07. The van der Waals surface area contributed by atoms with Gasteiger partial charge in [-0.25, -0.2) is 8.42 Å². The highest BCUT2D eigenvalue weighted by Gasteiger charge is 2.35. The summed E-state index contributed by atoms with van der Waals surface area (Å²) in [6.45, 7) is 0. The van der Waals surface area contributed by atoms with Crippen LogP contribution in [0.1, 0.15) is 23.6 Å². The Labute approximate surface area is 147 Å². The number of hydrogen-bond donors (Lipinski definition) is 0. The van der Waals surface area contributed by atoms with Gasteiger partial charge in [-0.15, -0.1) is 0 Å². The Morgan fingerprint density at radius 2 is 1.80 bits per heavy atom. The van der Waals surface area contributed by atoms with Gasteiger partial charge >= 0.3 is 0 Å². The molecule has 0 aliphatic carbocycles. The molecule has 2 aromatic rings. The summed E-state index contributed by atoms with van der Waals surface area (Å²) in [5.74, 6) is 1.26. The molecule has 1 unspecified atom stereocenters. The Kier molecular flexibility index (Phi) is 4.67. The van der Waals surface area contributed by atoms with Crippen LogP contribution in [0.3, 0.4) is 0 Å². The molecule has 2 aromatic carbocycles. The van der Waals surface area contributed by atoms with Crippen molar-refractivity contribution in [3.63, 3.8) is 0 Å². The number of benzene rings is 2. The number of hydrogen-bond acceptors (Lipinski definition) is 5. The molecule has 132 valence electrons. The van der Waals surface area contributed by atoms with Gasteiger partial charge in [-0.1, -0.05) is 30.3 Å². The Hall–Kier alpha value is -2.54. The van der Waals surface area contributed by atoms with E-state index in [9.17, 15) is 8.42 Å². The quantitative estimate of drug-likeness (QED) is 0.822. The second kappa shape index (κ2) is 6.76. The molecule has 0 fully saturated rings. The fraction of sp³-hybridized carbons (Fsp3) is 0.278. The van der Waals surface area contributed by atoms with Crippen LogP contribution in [-0.2, 0) is 10.0 Å². The van der Waals surface area contributed by atoms with E-state index in [1.54, 1.807) is 26.4 Å². The molecule has 1 aliphatic heterocycles. The molecule has 6 nitrogen and oxygen atoms in total. The van der Waals surface area contributed by atoms with Crippen molar-refractivity contribution in [2.45, 2.75) is 12.5 Å². The zero-order valence-corrected chi connectivity index (χ0v) is 15.2. The van der Waals surface area contributed by atoms with Crippen LogP contribution in [-0.4, -0.2) is 39.0 Å². The molecule has 0 aromatic heterocycles. The molecule has 25 heavy (non-hydrogen) atoms. The first-order valence-corrected chi connectivity index (χ1v) is 9.63. The van der Waals surface area contributed by atoms with Gasteiger partial charge in [-0.3, -0.25) is 0 Å². The SMILES string of the molecule is COc1ccc(C2=NN(S(C)(=O)=O)C(c3ccccc3)C2)c(OC)c1. The summed E-state index contributed by atoms with van der Waals surface area (Å²) in [4.78, 5) is 0. The predicted molar refractivity (Wildman–Crippen MR) is 96.6 cm³/mol. The number of methoxy groups -OCH3 is 2. The average molecular weight is 360 g/mol. The van der Waals surface area contributed by atoms with Crippen LogP contribution in [0.2, 0.25) is 0 Å². The molecular weight excluding hydrogens is 340 g/mol. The van der Waals surface area contributed by atoms with Crippen LogP contribution in [0, 0.1) is 0 Å². The summed E-state index contributed by atoms with van der Waals surface area (Å²) < 4.78 is 36.3. The molecular formula is C18H20N2O4S. The minimum absolute atomic E-state index is 0.363. The Morgan fingerprint density at radius 1 is 1.08 bits per heavy atom. The van der Waals surface area contributed by atoms with Crippen molar-refractivity contribution < 1.29 is 17.9 Å². The molecule has 7 heteroatoms. The van der Waals surface area contributed by atoms with Crippen molar-refractivity contribution in [2.24, 2.45) is 5.10 Å². The Balaban J connectivity index is 2.04. The van der Waals surface area contributed by atoms with E-state index >= 15 is 0 Å². The summed E-state index contributed by atoms with van der Waals surface area (Å²) in [5.41, 5.74) is 2.33. The lowest BCUT2D eigenvalue weighted by atomic mass is 9.98. The first-order chi connectivity index (χ1) is 11.9. The molecule has 0 saturated carbocycles. The summed E-state index contributed by atoms with van der Waals surface area (Å²) >= 11 is 0. The van der Waals surface area contributed by atoms with Crippen LogP contribution in [0.4, 0.5) is 0 Å². The number of hydrazone groups is 1. The second-order valence-corrected chi connectivity index (χ2v) is 7.62. The van der Waals surface area contributed by atoms with E-state index in [1.807, 2.05) is 36.4 Å². The Bertz CT molecular complexity index is 895. The first kappa shape index (κ1) is 17.3. The van der Waals surface area contributed by atoms with E-state index in [4.69, 9.17) is 9.47 Å². The smallest absolute Gasteiger partial charge is 0.247 e. The zero-order chi connectivity index (χ0) is 18.0. The van der Waals surface area contributed by atoms with Gasteiger partial charge in [0.15, 0.2) is 0 Å². The van der Waals surface area contributed by atoms with Crippen molar-refractivity contribution in [2.75, 3.05) is 20.5 Å². The number of ether oxygens (including phenoxy) is 2. The maximum atomic E-state index is 12.2. The second-order valence-electron chi connectivity index (χ2n) is 5.78. The van der Waals surface area contributed by atoms with Gasteiger partial charge in [0.1, 0.15) is 11.5 Å². The summed E-state index contributed by atoms with van der Waals surface area (Å²) in [5, 5.41) is 4.39. The van der Waals surface area contributed by atoms with E-state index in [0.29, 0.717) is 23.6 Å². The van der Waals surface area contributed by atoms with Gasteiger partial charge in [-0.05, 0) is 17.7 Å². The van der Waals surface area contributed by atoms with E-state index in [0.717, 1.165) is 11.1 Å². The lowest BCUT2D eigenvalue weighted by Crippen LogP contribution is -2.25. The predicted octanol–water partition coefficient (Wildman–Crippen LogP) is 2.81. The van der Waals surface area contributed by atoms with E-state index in [-0.39, 0.29) is 6.04 Å². The van der Waals surface area contributed by atoms with Crippen molar-refractivity contribution in [1.29, 1.82) is 0 Å². The van der Waals surface area contributed by atoms with Gasteiger partial charge in [0.05, 0.1) is 32.2 Å². The fourth-order valence-electron chi connectivity index (χ4n) is 2.92. The van der Waals surface area contributed by atoms with Gasteiger partial charge < -0.3 is 9.47 Å². The molecule has 0 radical (unpaired) electrons. The monoisotopic (exact) mass is 360 g/mol. The standard InChI is InChI=1S/C18H20N2O4S/c1-23-14-9-10-15(18(11-14)24-2)16-12-17(13-7-5-4-6-8-13)20(19-16)25(3,21)22/h4-11,17H,12H2,1-3H3. The molecule has 3 rings (SSSR count). The lowest BCUT2D eigenvalue weighted by Gasteiger charge is -2.21. The zero-order valence-electron chi connectivity index (χ0n) is 14.3. The third-order valence-electron chi connectivity index (χ3n) is 4.12. The van der Waals surface area contributed by atoms with Gasteiger partial charge in [0, 0.05) is 18.1 Å². The van der Waals surface area contributed by atoms with Crippen molar-refractivity contribution in [3.8, 4) is 11.5 Å². The molecule has 0 N–H and O–H groups in total. The summed E-state index contributed by atoms with van der Waals surface area (Å²) in [6.07, 6.45) is 1.64. The molecule has 0 spiro atoms. The largest absolute Gasteiger partial charge is 0.497 e. The fourth-order valence-corrected chi connectivity index (χ4v) is 3.82. The van der Waals surface area contributed by atoms with Crippen LogP contribution < -0.4 is 9.47 Å². The molecule has 1 atom stereocenters. The van der Waals surface area contributed by atoms with Gasteiger partial charge in [-0.2, -0.15) is 9.52 Å². The van der Waals surface area contributed by atoms with E-state index < -0.39 is 10.0 Å². The highest BCUT2D eigenvalue weighted by Crippen LogP contribution is 2.37. The topological polar surface area (TPSA) is 68.2 Å². The highest BCUT2D eigenvalue weighted by atomic mass is 32.2. The summed E-state index contributed by atoms with van der Waals surface area (Å²) in [7, 11) is -0.345. The number of rotatable bonds is 5. The van der Waals surface area contributed by atoms with E-state index in [2.05, 4.69) is 5.10 Å². The maximum absolute atomic E-state index is 12.2. The minimum Gasteiger partial charge on any atom is -0.497 e. The summed E-state index contributed by atoms with van der Waals surface area (Å²) in [6, 6.07) is 14.5. The van der Waals surface area contributed by atoms with Crippen molar-refractivity contribution in [1.82, 2.24) is 4.41 Å². The third-order valence-corrected chi connectivity index (χ3v) is 5.13. The van der Waals surface area contributed by atoms with Crippen LogP contribution in [0.25, 0.3) is 0 Å². The lowest BCUT2D eigenvalue weighted by molar-refractivity contribution is 0.375. The van der Waals surface area contributed by atoms with Crippen molar-refractivity contribution >= 4 is 15.7 Å². The van der Waals surface area contributed by atoms with Crippen molar-refractivity contribution in [3.05, 3.63) is 59.7 Å². The van der Waals surface area contributed by atoms with Gasteiger partial charge in [0.25, 0.3) is 0 Å². The van der Waals surface area contributed by atoms with Crippen LogP contribution in [0.15, 0.2) is 53.6 Å². The molecule has 1 aliphatic rings. The number of sulfonamides is 1. The first-order valence-electron chi connectivity index (χ1n) is 7.78. The van der Waals surface area contributed by atoms with Crippen LogP contribution in [0.5, 0.6) is 11.5 Å². The maximum Gasteiger partial charge on any atom is 0.247 e. The number of nitrogens with zero attached hydrogens (tertiary/aromatic N) is 2. The third kappa shape index (κ3) is 3.46. The Morgan fingerprint density at radius 3 is 2.40 bits per heavy atom. The molecule has 1 heterocycles. The normalized spacial score (nSPS) is 17.3. The minimum atomic E-state index is -3.49. The molecule has 0 amide bonds. The van der Waals surface area contributed by atoms with Crippen LogP contribution >= 0.6 is 0 Å². The molecule has 0 bridgehead atoms. The molecule has 0 saturated heterocycles. The van der Waals surface area contributed by atoms with E-state index in [1.165, 1.54) is 10.7 Å². The van der Waals surface area contributed by atoms with Gasteiger partial charge in [0.2, 0.25) is 10.0 Å².